The fraction of sp³-hybridized carbons (Fsp3) is 0.200. The van der Waals surface area contributed by atoms with Crippen molar-refractivity contribution in [2.75, 3.05) is 0 Å². The predicted octanol–water partition coefficient (Wildman–Crippen LogP) is 3.12. The molecule has 0 aliphatic carbocycles. The number of aryl methyl sites for hydroxylation is 1. The lowest BCUT2D eigenvalue weighted by atomic mass is 10.0. The fourth-order valence-corrected chi connectivity index (χ4v) is 1.53. The first-order valence-corrected chi connectivity index (χ1v) is 5.03. The lowest BCUT2D eigenvalue weighted by molar-refractivity contribution is 0.540. The van der Waals surface area contributed by atoms with Crippen LogP contribution < -0.4 is 0 Å². The summed E-state index contributed by atoms with van der Waals surface area (Å²) in [6.07, 6.45) is 0. The van der Waals surface area contributed by atoms with E-state index in [1.54, 1.807) is 0 Å². The van der Waals surface area contributed by atoms with Gasteiger partial charge in [0.25, 0.3) is 4.80 Å². The zero-order chi connectivity index (χ0) is 10.1. The molecule has 0 radical (unpaired) electrons. The number of halogens is 1. The van der Waals surface area contributed by atoms with Gasteiger partial charge in [0.05, 0.1) is 0 Å². The van der Waals surface area contributed by atoms with Crippen LogP contribution >= 0.6 is 15.9 Å². The molecule has 0 atom stereocenters. The number of benzene rings is 1. The highest BCUT2D eigenvalue weighted by atomic mass is 79.9. The first kappa shape index (κ1) is 9.40. The van der Waals surface area contributed by atoms with E-state index in [2.05, 4.69) is 39.1 Å². The van der Waals surface area contributed by atoms with E-state index >= 15 is 0 Å². The summed E-state index contributed by atoms with van der Waals surface area (Å²) < 4.78 is 5.30. The van der Waals surface area contributed by atoms with Crippen LogP contribution in [-0.4, -0.2) is 10.2 Å². The Morgan fingerprint density at radius 1 is 1.21 bits per heavy atom. The zero-order valence-corrected chi connectivity index (χ0v) is 9.50. The summed E-state index contributed by atoms with van der Waals surface area (Å²) in [5.74, 6) is 0.554. The molecule has 1 heterocycles. The van der Waals surface area contributed by atoms with Crippen LogP contribution in [0.5, 0.6) is 0 Å². The van der Waals surface area contributed by atoms with Crippen molar-refractivity contribution >= 4 is 15.9 Å². The number of nitrogens with zero attached hydrogens (tertiary/aromatic N) is 2. The fourth-order valence-electron chi connectivity index (χ4n) is 1.30. The molecule has 0 aliphatic rings. The lowest BCUT2D eigenvalue weighted by Gasteiger charge is -2.03. The van der Waals surface area contributed by atoms with E-state index in [0.717, 1.165) is 5.56 Å². The van der Waals surface area contributed by atoms with Crippen molar-refractivity contribution in [1.29, 1.82) is 0 Å². The van der Waals surface area contributed by atoms with E-state index in [9.17, 15) is 0 Å². The first-order valence-electron chi connectivity index (χ1n) is 4.24. The van der Waals surface area contributed by atoms with Crippen molar-refractivity contribution in [3.8, 4) is 11.5 Å². The van der Waals surface area contributed by atoms with Gasteiger partial charge in [-0.3, -0.25) is 0 Å². The summed E-state index contributed by atoms with van der Waals surface area (Å²) in [5.41, 5.74) is 3.38. The summed E-state index contributed by atoms with van der Waals surface area (Å²) in [6.45, 7) is 4.10. The molecule has 0 N–H and O–H groups in total. The van der Waals surface area contributed by atoms with E-state index in [1.165, 1.54) is 11.1 Å². The summed E-state index contributed by atoms with van der Waals surface area (Å²) in [6, 6.07) is 6.02. The molecule has 1 aromatic carbocycles. The van der Waals surface area contributed by atoms with Crippen LogP contribution in [0.1, 0.15) is 11.1 Å². The van der Waals surface area contributed by atoms with E-state index < -0.39 is 0 Å². The molecule has 4 heteroatoms. The van der Waals surface area contributed by atoms with Gasteiger partial charge in [-0.15, -0.1) is 10.2 Å². The highest BCUT2D eigenvalue weighted by molar-refractivity contribution is 9.10. The number of hydrogen-bond acceptors (Lipinski definition) is 3. The molecule has 72 valence electrons. The Kier molecular flexibility index (Phi) is 2.37. The normalized spacial score (nSPS) is 10.5. The Bertz CT molecular complexity index is 465. The van der Waals surface area contributed by atoms with Crippen LogP contribution in [-0.2, 0) is 0 Å². The molecule has 3 nitrogen and oxygen atoms in total. The second-order valence-electron chi connectivity index (χ2n) is 3.11. The van der Waals surface area contributed by atoms with Crippen molar-refractivity contribution in [2.24, 2.45) is 0 Å². The van der Waals surface area contributed by atoms with Crippen LogP contribution in [0.3, 0.4) is 0 Å². The molecule has 0 saturated carbocycles. The number of rotatable bonds is 1. The molecule has 0 aliphatic heterocycles. The quantitative estimate of drug-likeness (QED) is 0.783. The molecule has 0 amide bonds. The van der Waals surface area contributed by atoms with E-state index in [0.29, 0.717) is 10.7 Å². The molecule has 0 fully saturated rings. The molecule has 14 heavy (non-hydrogen) atoms. The van der Waals surface area contributed by atoms with Crippen molar-refractivity contribution < 1.29 is 4.42 Å². The van der Waals surface area contributed by atoms with Gasteiger partial charge in [-0.25, -0.2) is 0 Å². The van der Waals surface area contributed by atoms with Gasteiger partial charge in [-0.05, 0) is 31.0 Å². The average Bonchev–Trinajstić information content (AvgIpc) is 2.57. The Hall–Kier alpha value is -1.16. The molecule has 0 spiro atoms. The minimum absolute atomic E-state index is 0.411. The second-order valence-corrected chi connectivity index (χ2v) is 3.79. The molecular formula is C10H9BrN2O. The van der Waals surface area contributed by atoms with Crippen LogP contribution in [0.15, 0.2) is 27.4 Å². The standard InChI is InChI=1S/C10H9BrN2O/c1-6-4-3-5-8(7(6)2)9-12-13-10(11)14-9/h3-5H,1-2H3. The number of hydrogen-bond donors (Lipinski definition) is 0. The Labute approximate surface area is 90.3 Å². The van der Waals surface area contributed by atoms with Crippen molar-refractivity contribution in [2.45, 2.75) is 13.8 Å². The maximum absolute atomic E-state index is 5.30. The number of aromatic nitrogens is 2. The van der Waals surface area contributed by atoms with Gasteiger partial charge in [0.1, 0.15) is 0 Å². The van der Waals surface area contributed by atoms with Crippen molar-refractivity contribution in [3.63, 3.8) is 0 Å². The van der Waals surface area contributed by atoms with E-state index in [-0.39, 0.29) is 0 Å². The minimum atomic E-state index is 0.411. The minimum Gasteiger partial charge on any atom is -0.411 e. The van der Waals surface area contributed by atoms with Crippen molar-refractivity contribution in [1.82, 2.24) is 10.2 Å². The third kappa shape index (κ3) is 1.57. The van der Waals surface area contributed by atoms with Gasteiger partial charge in [-0.2, -0.15) is 0 Å². The van der Waals surface area contributed by atoms with E-state index in [1.807, 2.05) is 19.1 Å². The summed E-state index contributed by atoms with van der Waals surface area (Å²) >= 11 is 3.13. The van der Waals surface area contributed by atoms with Gasteiger partial charge in [0.2, 0.25) is 5.89 Å². The van der Waals surface area contributed by atoms with Gasteiger partial charge >= 0.3 is 0 Å². The van der Waals surface area contributed by atoms with Gasteiger partial charge in [0, 0.05) is 21.5 Å². The Morgan fingerprint density at radius 2 is 2.00 bits per heavy atom. The molecule has 0 bridgehead atoms. The van der Waals surface area contributed by atoms with Gasteiger partial charge in [-0.1, -0.05) is 12.1 Å². The van der Waals surface area contributed by atoms with Crippen LogP contribution in [0.4, 0.5) is 0 Å². The monoisotopic (exact) mass is 252 g/mol. The molecule has 0 saturated heterocycles. The molecular weight excluding hydrogens is 244 g/mol. The van der Waals surface area contributed by atoms with Gasteiger partial charge < -0.3 is 4.42 Å². The second kappa shape index (κ2) is 3.53. The summed E-state index contributed by atoms with van der Waals surface area (Å²) in [5, 5.41) is 7.69. The zero-order valence-electron chi connectivity index (χ0n) is 7.91. The molecule has 1 aromatic heterocycles. The van der Waals surface area contributed by atoms with Gasteiger partial charge in [0.15, 0.2) is 0 Å². The molecule has 2 aromatic rings. The highest BCUT2D eigenvalue weighted by Crippen LogP contribution is 2.25. The Morgan fingerprint density at radius 3 is 2.64 bits per heavy atom. The van der Waals surface area contributed by atoms with Crippen LogP contribution in [0.2, 0.25) is 0 Å². The smallest absolute Gasteiger partial charge is 0.285 e. The third-order valence-corrected chi connectivity index (χ3v) is 2.56. The first-order chi connectivity index (χ1) is 6.68. The summed E-state index contributed by atoms with van der Waals surface area (Å²) in [7, 11) is 0. The largest absolute Gasteiger partial charge is 0.411 e. The predicted molar refractivity (Wildman–Crippen MR) is 56.9 cm³/mol. The third-order valence-electron chi connectivity index (χ3n) is 2.24. The van der Waals surface area contributed by atoms with Crippen LogP contribution in [0.25, 0.3) is 11.5 Å². The average molecular weight is 253 g/mol. The van der Waals surface area contributed by atoms with E-state index in [4.69, 9.17) is 4.42 Å². The SMILES string of the molecule is Cc1cccc(-c2nnc(Br)o2)c1C. The van der Waals surface area contributed by atoms with Crippen LogP contribution in [0, 0.1) is 13.8 Å². The molecule has 2 rings (SSSR count). The maximum atomic E-state index is 5.30. The topological polar surface area (TPSA) is 38.9 Å². The maximum Gasteiger partial charge on any atom is 0.285 e. The lowest BCUT2D eigenvalue weighted by Crippen LogP contribution is -1.86. The highest BCUT2D eigenvalue weighted by Gasteiger charge is 2.09. The summed E-state index contributed by atoms with van der Waals surface area (Å²) in [4.78, 5) is 0.411. The molecule has 0 unspecified atom stereocenters. The van der Waals surface area contributed by atoms with Crippen molar-refractivity contribution in [3.05, 3.63) is 34.1 Å². The Balaban J connectivity index is 2.57.